The highest BCUT2D eigenvalue weighted by atomic mass is 19.1. The Labute approximate surface area is 225 Å². The summed E-state index contributed by atoms with van der Waals surface area (Å²) in [5, 5.41) is 3.40. The minimum absolute atomic E-state index is 0.118. The molecule has 0 radical (unpaired) electrons. The summed E-state index contributed by atoms with van der Waals surface area (Å²) >= 11 is 0. The van der Waals surface area contributed by atoms with E-state index in [0.29, 0.717) is 13.2 Å². The van der Waals surface area contributed by atoms with Crippen molar-refractivity contribution in [2.24, 2.45) is 0 Å². The molecule has 1 aromatic heterocycles. The monoisotopic (exact) mass is 525 g/mol. The van der Waals surface area contributed by atoms with Gasteiger partial charge in [-0.3, -0.25) is 9.69 Å². The van der Waals surface area contributed by atoms with Gasteiger partial charge in [0.25, 0.3) is 0 Å². The summed E-state index contributed by atoms with van der Waals surface area (Å²) in [6, 6.07) is 8.70. The zero-order valence-electron chi connectivity index (χ0n) is 22.6. The van der Waals surface area contributed by atoms with Crippen molar-refractivity contribution in [3.8, 4) is 5.75 Å². The molecule has 4 heterocycles. The SMILES string of the molecule is CC1(C)CCC(c2ccc(F)cc2OC(=O)CN2CC[C@@H](OCCCCc3ccc4c(n3)NCCC4)C2)O1. The van der Waals surface area contributed by atoms with E-state index in [0.717, 1.165) is 75.1 Å². The highest BCUT2D eigenvalue weighted by molar-refractivity contribution is 5.75. The molecule has 1 unspecified atom stereocenters. The minimum atomic E-state index is -0.428. The molecule has 1 N–H and O–H groups in total. The van der Waals surface area contributed by atoms with Crippen molar-refractivity contribution in [2.45, 2.75) is 83.0 Å². The third-order valence-electron chi connectivity index (χ3n) is 7.73. The Morgan fingerprint density at radius 1 is 1.24 bits per heavy atom. The van der Waals surface area contributed by atoms with Crippen molar-refractivity contribution in [1.29, 1.82) is 0 Å². The Balaban J connectivity index is 1.02. The number of aromatic nitrogens is 1. The van der Waals surface area contributed by atoms with Crippen LogP contribution in [0.15, 0.2) is 30.3 Å². The summed E-state index contributed by atoms with van der Waals surface area (Å²) in [6.45, 7) is 7.43. The molecule has 0 aliphatic carbocycles. The van der Waals surface area contributed by atoms with Gasteiger partial charge in [-0.15, -0.1) is 0 Å². The van der Waals surface area contributed by atoms with Crippen LogP contribution in [0.1, 0.15) is 75.3 Å². The van der Waals surface area contributed by atoms with E-state index in [4.69, 9.17) is 19.2 Å². The lowest BCUT2D eigenvalue weighted by Gasteiger charge is -2.21. The fraction of sp³-hybridized carbons (Fsp3) is 0.600. The summed E-state index contributed by atoms with van der Waals surface area (Å²) in [4.78, 5) is 19.5. The van der Waals surface area contributed by atoms with E-state index >= 15 is 0 Å². The number of likely N-dealkylation sites (tertiary alicyclic amines) is 1. The van der Waals surface area contributed by atoms with Crippen molar-refractivity contribution in [1.82, 2.24) is 9.88 Å². The van der Waals surface area contributed by atoms with E-state index in [9.17, 15) is 9.18 Å². The molecule has 0 saturated carbocycles. The maximum Gasteiger partial charge on any atom is 0.325 e. The first-order valence-electron chi connectivity index (χ1n) is 14.1. The molecular weight excluding hydrogens is 485 g/mol. The van der Waals surface area contributed by atoms with Crippen LogP contribution in [0.2, 0.25) is 0 Å². The van der Waals surface area contributed by atoms with Gasteiger partial charge in [0.05, 0.1) is 24.4 Å². The number of benzene rings is 1. The quantitative estimate of drug-likeness (QED) is 0.259. The number of esters is 1. The second kappa shape index (κ2) is 12.1. The topological polar surface area (TPSA) is 72.9 Å². The first-order chi connectivity index (χ1) is 18.3. The maximum atomic E-state index is 14.0. The molecular formula is C30H40FN3O4. The van der Waals surface area contributed by atoms with Crippen molar-refractivity contribution in [2.75, 3.05) is 38.1 Å². The molecule has 3 aliphatic rings. The Kier molecular flexibility index (Phi) is 8.61. The number of ether oxygens (including phenoxy) is 3. The van der Waals surface area contributed by atoms with Gasteiger partial charge in [0.2, 0.25) is 0 Å². The van der Waals surface area contributed by atoms with Gasteiger partial charge in [-0.05, 0) is 89.0 Å². The third-order valence-corrected chi connectivity index (χ3v) is 7.73. The van der Waals surface area contributed by atoms with E-state index in [1.54, 1.807) is 6.07 Å². The second-order valence-corrected chi connectivity index (χ2v) is 11.4. The average molecular weight is 526 g/mol. The number of anilines is 1. The highest BCUT2D eigenvalue weighted by Gasteiger charge is 2.34. The van der Waals surface area contributed by atoms with Crippen LogP contribution in [0.5, 0.6) is 5.75 Å². The molecule has 0 bridgehead atoms. The Morgan fingerprint density at radius 3 is 2.97 bits per heavy atom. The van der Waals surface area contributed by atoms with Crippen LogP contribution in [-0.4, -0.2) is 60.3 Å². The number of halogens is 1. The van der Waals surface area contributed by atoms with Crippen molar-refractivity contribution < 1.29 is 23.4 Å². The molecule has 1 aromatic carbocycles. The van der Waals surface area contributed by atoms with Crippen molar-refractivity contribution >= 4 is 11.8 Å². The normalized spacial score (nSPS) is 22.7. The van der Waals surface area contributed by atoms with Crippen LogP contribution in [-0.2, 0) is 27.1 Å². The molecule has 38 heavy (non-hydrogen) atoms. The van der Waals surface area contributed by atoms with E-state index in [2.05, 4.69) is 17.4 Å². The number of hydrogen-bond donors (Lipinski definition) is 1. The highest BCUT2D eigenvalue weighted by Crippen LogP contribution is 2.42. The molecule has 2 fully saturated rings. The first-order valence-corrected chi connectivity index (χ1v) is 14.1. The molecule has 206 valence electrons. The van der Waals surface area contributed by atoms with Crippen LogP contribution in [0.4, 0.5) is 10.2 Å². The van der Waals surface area contributed by atoms with Gasteiger partial charge < -0.3 is 19.5 Å². The van der Waals surface area contributed by atoms with Gasteiger partial charge in [-0.2, -0.15) is 0 Å². The number of carbonyl (C=O) groups is 1. The third kappa shape index (κ3) is 7.10. The molecule has 0 spiro atoms. The molecule has 2 saturated heterocycles. The number of aryl methyl sites for hydroxylation is 2. The first kappa shape index (κ1) is 27.0. The molecule has 2 atom stereocenters. The van der Waals surface area contributed by atoms with Crippen LogP contribution in [0.3, 0.4) is 0 Å². The number of unbranched alkanes of at least 4 members (excludes halogenated alkanes) is 1. The van der Waals surface area contributed by atoms with Crippen LogP contribution < -0.4 is 10.1 Å². The lowest BCUT2D eigenvalue weighted by molar-refractivity contribution is -0.135. The Morgan fingerprint density at radius 2 is 2.13 bits per heavy atom. The molecule has 5 rings (SSSR count). The van der Waals surface area contributed by atoms with Gasteiger partial charge in [0.1, 0.15) is 17.4 Å². The average Bonchev–Trinajstić information content (AvgIpc) is 3.49. The number of rotatable bonds is 10. The smallest absolute Gasteiger partial charge is 0.325 e. The lowest BCUT2D eigenvalue weighted by atomic mass is 10.0. The predicted molar refractivity (Wildman–Crippen MR) is 144 cm³/mol. The van der Waals surface area contributed by atoms with Crippen molar-refractivity contribution in [3.63, 3.8) is 0 Å². The van der Waals surface area contributed by atoms with E-state index in [-0.39, 0.29) is 36.1 Å². The Bertz CT molecular complexity index is 1120. The fourth-order valence-electron chi connectivity index (χ4n) is 5.64. The largest absolute Gasteiger partial charge is 0.425 e. The summed E-state index contributed by atoms with van der Waals surface area (Å²) in [6.07, 6.45) is 7.78. The molecule has 7 nitrogen and oxygen atoms in total. The second-order valence-electron chi connectivity index (χ2n) is 11.4. The minimum Gasteiger partial charge on any atom is -0.425 e. The van der Waals surface area contributed by atoms with Gasteiger partial charge in [-0.1, -0.05) is 6.07 Å². The van der Waals surface area contributed by atoms with Crippen LogP contribution in [0.25, 0.3) is 0 Å². The summed E-state index contributed by atoms with van der Waals surface area (Å²) in [7, 11) is 0. The van der Waals surface area contributed by atoms with Gasteiger partial charge in [0.15, 0.2) is 0 Å². The molecule has 8 heteroatoms. The number of hydrogen-bond acceptors (Lipinski definition) is 7. The van der Waals surface area contributed by atoms with Gasteiger partial charge >= 0.3 is 5.97 Å². The summed E-state index contributed by atoms with van der Waals surface area (Å²) in [5.74, 6) is 0.497. The van der Waals surface area contributed by atoms with Crippen LogP contribution in [0, 0.1) is 5.82 Å². The number of carbonyl (C=O) groups excluding carboxylic acids is 1. The van der Waals surface area contributed by atoms with Crippen molar-refractivity contribution in [3.05, 3.63) is 53.0 Å². The zero-order chi connectivity index (χ0) is 26.5. The Hall–Kier alpha value is -2.55. The zero-order valence-corrected chi connectivity index (χ0v) is 22.6. The van der Waals surface area contributed by atoms with Crippen LogP contribution >= 0.6 is 0 Å². The molecule has 3 aliphatic heterocycles. The predicted octanol–water partition coefficient (Wildman–Crippen LogP) is 5.23. The van der Waals surface area contributed by atoms with E-state index in [1.165, 1.54) is 24.1 Å². The fourth-order valence-corrected chi connectivity index (χ4v) is 5.64. The van der Waals surface area contributed by atoms with Gasteiger partial charge in [0, 0.05) is 43.6 Å². The maximum absolute atomic E-state index is 14.0. The standard InChI is InChI=1S/C30H40FN3O4/c1-30(2)14-12-26(38-30)25-11-9-22(31)18-27(25)37-28(35)20-34-16-13-24(19-34)36-17-4-3-7-23-10-8-21-6-5-15-32-29(21)33-23/h8-11,18,24,26H,3-7,12-17,19-20H2,1-2H3,(H,32,33)/t24-,26?/m1/s1. The summed E-state index contributed by atoms with van der Waals surface area (Å²) in [5.41, 5.74) is 2.95. The molecule has 0 amide bonds. The summed E-state index contributed by atoms with van der Waals surface area (Å²) < 4.78 is 31.8. The van der Waals surface area contributed by atoms with Gasteiger partial charge in [-0.25, -0.2) is 9.37 Å². The van der Waals surface area contributed by atoms with E-state index < -0.39 is 5.82 Å². The number of nitrogens with one attached hydrogen (secondary N) is 1. The lowest BCUT2D eigenvalue weighted by Crippen LogP contribution is -2.32. The number of pyridine rings is 1. The number of nitrogens with zero attached hydrogens (tertiary/aromatic N) is 2. The number of fused-ring (bicyclic) bond motifs is 1. The van der Waals surface area contributed by atoms with E-state index in [1.807, 2.05) is 18.7 Å². The molecule has 2 aromatic rings.